The number of ether oxygens (including phenoxy) is 1. The summed E-state index contributed by atoms with van der Waals surface area (Å²) in [6.07, 6.45) is 8.17. The first-order valence-corrected chi connectivity index (χ1v) is 12.6. The standard InChI is InChI=1S/C26H32N4O4/c27-13-16-4-6-17(7-5-16)14-28-21-2-1-3-23(21)34-19-8-9-20-18(12-19)15-30(26(20)33)22-10-11-24(31)29-25(22)32/h8-9,12,16-17,21-23,28H,1-7,10-11,14-15H2,(H,29,31,32)/t16-,17-,21?,22?,23?. The van der Waals surface area contributed by atoms with Crippen LogP contribution < -0.4 is 15.4 Å². The lowest BCUT2D eigenvalue weighted by molar-refractivity contribution is -0.136. The molecule has 1 aromatic carbocycles. The zero-order valence-electron chi connectivity index (χ0n) is 19.4. The molecule has 0 bridgehead atoms. The molecule has 3 atom stereocenters. The Hall–Kier alpha value is -2.92. The van der Waals surface area contributed by atoms with Crippen molar-refractivity contribution in [1.82, 2.24) is 15.5 Å². The van der Waals surface area contributed by atoms with Gasteiger partial charge in [-0.2, -0.15) is 5.26 Å². The topological polar surface area (TPSA) is 112 Å². The van der Waals surface area contributed by atoms with Gasteiger partial charge < -0.3 is 15.0 Å². The molecule has 0 radical (unpaired) electrons. The van der Waals surface area contributed by atoms with Crippen LogP contribution >= 0.6 is 0 Å². The second-order valence-electron chi connectivity index (χ2n) is 10.2. The van der Waals surface area contributed by atoms with Gasteiger partial charge in [-0.3, -0.25) is 19.7 Å². The van der Waals surface area contributed by atoms with E-state index < -0.39 is 11.9 Å². The van der Waals surface area contributed by atoms with Crippen molar-refractivity contribution in [2.24, 2.45) is 11.8 Å². The molecule has 5 rings (SSSR count). The Morgan fingerprint density at radius 2 is 1.91 bits per heavy atom. The molecule has 2 heterocycles. The number of carbonyl (C=O) groups excluding carboxylic acids is 3. The number of hydrogen-bond acceptors (Lipinski definition) is 6. The van der Waals surface area contributed by atoms with Gasteiger partial charge in [-0.15, -0.1) is 0 Å². The largest absolute Gasteiger partial charge is 0.489 e. The van der Waals surface area contributed by atoms with Crippen LogP contribution in [0.1, 0.15) is 73.7 Å². The number of nitrogens with one attached hydrogen (secondary N) is 2. The second-order valence-corrected chi connectivity index (χ2v) is 10.2. The van der Waals surface area contributed by atoms with E-state index in [2.05, 4.69) is 16.7 Å². The molecule has 8 heteroatoms. The number of amides is 3. The van der Waals surface area contributed by atoms with E-state index in [0.717, 1.165) is 62.8 Å². The number of rotatable bonds is 6. The normalized spacial score (nSPS) is 31.2. The molecule has 2 aliphatic carbocycles. The summed E-state index contributed by atoms with van der Waals surface area (Å²) in [5.41, 5.74) is 1.47. The van der Waals surface area contributed by atoms with E-state index in [1.807, 2.05) is 12.1 Å². The molecule has 1 aromatic rings. The van der Waals surface area contributed by atoms with E-state index in [9.17, 15) is 14.4 Å². The molecule has 8 nitrogen and oxygen atoms in total. The summed E-state index contributed by atoms with van der Waals surface area (Å²) >= 11 is 0. The van der Waals surface area contributed by atoms with Crippen molar-refractivity contribution in [2.45, 2.75) is 82.5 Å². The van der Waals surface area contributed by atoms with Crippen molar-refractivity contribution < 1.29 is 19.1 Å². The van der Waals surface area contributed by atoms with Crippen molar-refractivity contribution in [3.05, 3.63) is 29.3 Å². The number of nitriles is 1. The van der Waals surface area contributed by atoms with Gasteiger partial charge in [-0.05, 0) is 87.6 Å². The van der Waals surface area contributed by atoms with E-state index in [-0.39, 0.29) is 30.3 Å². The van der Waals surface area contributed by atoms with Gasteiger partial charge in [0.1, 0.15) is 17.9 Å². The molecular weight excluding hydrogens is 432 g/mol. The molecule has 3 amide bonds. The Balaban J connectivity index is 1.18. The quantitative estimate of drug-likeness (QED) is 0.626. The monoisotopic (exact) mass is 464 g/mol. The highest BCUT2D eigenvalue weighted by atomic mass is 16.5. The van der Waals surface area contributed by atoms with Crippen LogP contribution in [0, 0.1) is 23.2 Å². The fourth-order valence-electron chi connectivity index (χ4n) is 5.91. The molecule has 0 aromatic heterocycles. The molecule has 1 saturated heterocycles. The fraction of sp³-hybridized carbons (Fsp3) is 0.615. The van der Waals surface area contributed by atoms with Crippen LogP contribution in [0.5, 0.6) is 5.75 Å². The summed E-state index contributed by atoms with van der Waals surface area (Å²) in [5, 5.41) is 15.2. The number of nitrogens with zero attached hydrogens (tertiary/aromatic N) is 2. The van der Waals surface area contributed by atoms with Crippen LogP contribution in [0.3, 0.4) is 0 Å². The number of piperidine rings is 1. The molecule has 3 unspecified atom stereocenters. The molecule has 0 spiro atoms. The van der Waals surface area contributed by atoms with E-state index in [1.54, 1.807) is 11.0 Å². The first-order chi connectivity index (χ1) is 16.5. The van der Waals surface area contributed by atoms with E-state index in [1.165, 1.54) is 0 Å². The number of fused-ring (bicyclic) bond motifs is 1. The summed E-state index contributed by atoms with van der Waals surface area (Å²) in [6, 6.07) is 7.68. The van der Waals surface area contributed by atoms with E-state index >= 15 is 0 Å². The van der Waals surface area contributed by atoms with Crippen LogP contribution in [0.25, 0.3) is 0 Å². The maximum absolute atomic E-state index is 12.9. The Morgan fingerprint density at radius 1 is 1.09 bits per heavy atom. The van der Waals surface area contributed by atoms with Gasteiger partial charge in [-0.1, -0.05) is 0 Å². The Bertz CT molecular complexity index is 1010. The van der Waals surface area contributed by atoms with Crippen LogP contribution in [0.2, 0.25) is 0 Å². The number of benzene rings is 1. The SMILES string of the molecule is N#C[C@H]1CC[C@H](CNC2CCCC2Oc2ccc3c(c2)CN(C2CCC(=O)NC2=O)C3=O)CC1. The minimum atomic E-state index is -0.603. The Kier molecular flexibility index (Phi) is 6.55. The van der Waals surface area contributed by atoms with Gasteiger partial charge >= 0.3 is 0 Å². The van der Waals surface area contributed by atoms with Crippen molar-refractivity contribution >= 4 is 17.7 Å². The highest BCUT2D eigenvalue weighted by molar-refractivity contribution is 6.05. The van der Waals surface area contributed by atoms with E-state index in [4.69, 9.17) is 10.00 Å². The predicted molar refractivity (Wildman–Crippen MR) is 124 cm³/mol. The molecule has 34 heavy (non-hydrogen) atoms. The molecule has 2 aliphatic heterocycles. The van der Waals surface area contributed by atoms with Crippen molar-refractivity contribution in [3.8, 4) is 11.8 Å². The number of hydrogen-bond donors (Lipinski definition) is 2. The molecule has 4 aliphatic rings. The van der Waals surface area contributed by atoms with Crippen LogP contribution in [0.15, 0.2) is 18.2 Å². The second kappa shape index (κ2) is 9.75. The number of carbonyl (C=O) groups is 3. The third kappa shape index (κ3) is 4.67. The lowest BCUT2D eigenvalue weighted by atomic mass is 9.82. The first kappa shape index (κ1) is 22.9. The average Bonchev–Trinajstić information content (AvgIpc) is 3.41. The minimum absolute atomic E-state index is 0.0943. The predicted octanol–water partition coefficient (Wildman–Crippen LogP) is 2.67. The zero-order valence-corrected chi connectivity index (χ0v) is 19.4. The van der Waals surface area contributed by atoms with Gasteiger partial charge in [0.15, 0.2) is 0 Å². The zero-order chi connectivity index (χ0) is 23.7. The fourth-order valence-corrected chi connectivity index (χ4v) is 5.91. The first-order valence-electron chi connectivity index (χ1n) is 12.6. The van der Waals surface area contributed by atoms with Gasteiger partial charge in [0.05, 0.1) is 6.07 Å². The summed E-state index contributed by atoms with van der Waals surface area (Å²) in [7, 11) is 0. The Labute approximate surface area is 200 Å². The van der Waals surface area contributed by atoms with Crippen molar-refractivity contribution in [3.63, 3.8) is 0 Å². The van der Waals surface area contributed by atoms with Gasteiger partial charge in [0, 0.05) is 30.5 Å². The smallest absolute Gasteiger partial charge is 0.255 e. The molecular formula is C26H32N4O4. The van der Waals surface area contributed by atoms with Crippen LogP contribution in [0.4, 0.5) is 0 Å². The number of imide groups is 1. The third-order valence-corrected chi connectivity index (χ3v) is 7.93. The molecule has 2 N–H and O–H groups in total. The minimum Gasteiger partial charge on any atom is -0.489 e. The van der Waals surface area contributed by atoms with Crippen LogP contribution in [-0.2, 0) is 16.1 Å². The maximum Gasteiger partial charge on any atom is 0.255 e. The van der Waals surface area contributed by atoms with E-state index in [0.29, 0.717) is 30.5 Å². The summed E-state index contributed by atoms with van der Waals surface area (Å²) in [5.74, 6) is 0.782. The Morgan fingerprint density at radius 3 is 2.68 bits per heavy atom. The molecule has 180 valence electrons. The summed E-state index contributed by atoms with van der Waals surface area (Å²) in [6.45, 7) is 1.33. The van der Waals surface area contributed by atoms with Crippen LogP contribution in [-0.4, -0.2) is 47.4 Å². The van der Waals surface area contributed by atoms with Crippen molar-refractivity contribution in [2.75, 3.05) is 6.54 Å². The summed E-state index contributed by atoms with van der Waals surface area (Å²) < 4.78 is 6.38. The highest BCUT2D eigenvalue weighted by Crippen LogP contribution is 2.33. The summed E-state index contributed by atoms with van der Waals surface area (Å²) in [4.78, 5) is 38.2. The van der Waals surface area contributed by atoms with Gasteiger partial charge in [0.25, 0.3) is 5.91 Å². The van der Waals surface area contributed by atoms with Crippen molar-refractivity contribution in [1.29, 1.82) is 5.26 Å². The van der Waals surface area contributed by atoms with Gasteiger partial charge in [-0.25, -0.2) is 0 Å². The lowest BCUT2D eigenvalue weighted by Crippen LogP contribution is -2.52. The third-order valence-electron chi connectivity index (χ3n) is 7.93. The molecule has 3 fully saturated rings. The highest BCUT2D eigenvalue weighted by Gasteiger charge is 2.39. The molecule has 2 saturated carbocycles. The average molecular weight is 465 g/mol. The lowest BCUT2D eigenvalue weighted by Gasteiger charge is -2.29. The maximum atomic E-state index is 12.9. The van der Waals surface area contributed by atoms with Gasteiger partial charge in [0.2, 0.25) is 11.8 Å².